The van der Waals surface area contributed by atoms with E-state index in [-0.39, 0.29) is 17.5 Å². The van der Waals surface area contributed by atoms with Gasteiger partial charge in [0.25, 0.3) is 0 Å². The lowest BCUT2D eigenvalue weighted by Gasteiger charge is -2.01. The van der Waals surface area contributed by atoms with Gasteiger partial charge in [0, 0.05) is 18.3 Å². The molecule has 0 aliphatic heterocycles. The van der Waals surface area contributed by atoms with Crippen molar-refractivity contribution in [2.45, 2.75) is 40.7 Å². The monoisotopic (exact) mass is 182 g/mol. The quantitative estimate of drug-likeness (QED) is 0.484. The van der Waals surface area contributed by atoms with Gasteiger partial charge in [0.2, 0.25) is 0 Å². The number of ether oxygens (including phenoxy) is 1. The second-order valence-electron chi connectivity index (χ2n) is 4.62. The minimum absolute atomic E-state index is 0.0832. The van der Waals surface area contributed by atoms with Crippen LogP contribution < -0.4 is 0 Å². The zero-order valence-electron chi connectivity index (χ0n) is 9.05. The summed E-state index contributed by atoms with van der Waals surface area (Å²) in [5, 5.41) is 0. The van der Waals surface area contributed by atoms with Crippen LogP contribution in [-0.4, -0.2) is 12.1 Å². The van der Waals surface area contributed by atoms with Crippen LogP contribution in [0.15, 0.2) is 11.6 Å². The van der Waals surface area contributed by atoms with Crippen molar-refractivity contribution in [2.75, 3.05) is 0 Å². The predicted molar refractivity (Wildman–Crippen MR) is 52.3 cm³/mol. The summed E-state index contributed by atoms with van der Waals surface area (Å²) in [7, 11) is 0. The molecule has 1 aliphatic carbocycles. The minimum Gasteiger partial charge on any atom is -0.461 e. The van der Waals surface area contributed by atoms with Gasteiger partial charge >= 0.3 is 5.97 Å². The molecule has 1 fully saturated rings. The number of carbonyl (C=O) groups excluding carboxylic acids is 1. The van der Waals surface area contributed by atoms with E-state index in [9.17, 15) is 4.79 Å². The molecule has 2 nitrogen and oxygen atoms in total. The molecule has 0 amide bonds. The van der Waals surface area contributed by atoms with Gasteiger partial charge in [-0.15, -0.1) is 0 Å². The summed E-state index contributed by atoms with van der Waals surface area (Å²) < 4.78 is 5.21. The lowest BCUT2D eigenvalue weighted by atomic mass is 10.1. The molecule has 0 heterocycles. The first-order valence-electron chi connectivity index (χ1n) is 4.68. The van der Waals surface area contributed by atoms with Crippen molar-refractivity contribution in [1.29, 1.82) is 0 Å². The van der Waals surface area contributed by atoms with Gasteiger partial charge in [-0.1, -0.05) is 25.5 Å². The summed E-state index contributed by atoms with van der Waals surface area (Å²) in [6.45, 7) is 9.86. The Hall–Kier alpha value is -0.790. The Morgan fingerprint density at radius 3 is 2.23 bits per heavy atom. The SMILES string of the molecule is CC(=O)O[C@H]1[C@@H](C=C(C)C)C1(C)C. The van der Waals surface area contributed by atoms with Gasteiger partial charge in [-0.3, -0.25) is 4.79 Å². The Morgan fingerprint density at radius 2 is 1.85 bits per heavy atom. The summed E-state index contributed by atoms with van der Waals surface area (Å²) in [5.41, 5.74) is 1.41. The molecule has 0 bridgehead atoms. The van der Waals surface area contributed by atoms with E-state index >= 15 is 0 Å². The molecule has 13 heavy (non-hydrogen) atoms. The molecule has 1 rings (SSSR count). The van der Waals surface area contributed by atoms with Crippen LogP contribution in [-0.2, 0) is 9.53 Å². The highest BCUT2D eigenvalue weighted by molar-refractivity contribution is 5.66. The highest BCUT2D eigenvalue weighted by Crippen LogP contribution is 2.55. The standard InChI is InChI=1S/C11H18O2/c1-7(2)6-9-10(11(9,4)5)13-8(3)12/h6,9-10H,1-5H3/t9-,10+/m1/s1. The van der Waals surface area contributed by atoms with Crippen LogP contribution in [0.3, 0.4) is 0 Å². The molecular weight excluding hydrogens is 164 g/mol. The average Bonchev–Trinajstić information content (AvgIpc) is 2.36. The second-order valence-corrected chi connectivity index (χ2v) is 4.62. The van der Waals surface area contributed by atoms with Crippen LogP contribution in [0.1, 0.15) is 34.6 Å². The van der Waals surface area contributed by atoms with Gasteiger partial charge in [-0.05, 0) is 13.8 Å². The van der Waals surface area contributed by atoms with Crippen LogP contribution in [0.5, 0.6) is 0 Å². The first-order chi connectivity index (χ1) is 5.85. The zero-order valence-corrected chi connectivity index (χ0v) is 9.05. The third kappa shape index (κ3) is 2.11. The number of allylic oxidation sites excluding steroid dienone is 1. The van der Waals surface area contributed by atoms with E-state index in [0.717, 1.165) is 0 Å². The van der Waals surface area contributed by atoms with Gasteiger partial charge in [-0.25, -0.2) is 0 Å². The third-order valence-electron chi connectivity index (χ3n) is 2.62. The normalized spacial score (nSPS) is 29.3. The molecule has 0 saturated heterocycles. The maximum atomic E-state index is 10.8. The summed E-state index contributed by atoms with van der Waals surface area (Å²) in [4.78, 5) is 10.8. The predicted octanol–water partition coefficient (Wildman–Crippen LogP) is 2.54. The Labute approximate surface area is 80.0 Å². The Balaban J connectivity index is 2.61. The van der Waals surface area contributed by atoms with Crippen molar-refractivity contribution in [2.24, 2.45) is 11.3 Å². The number of hydrogen-bond donors (Lipinski definition) is 0. The fourth-order valence-electron chi connectivity index (χ4n) is 1.69. The molecule has 2 atom stereocenters. The fourth-order valence-corrected chi connectivity index (χ4v) is 1.69. The first kappa shape index (κ1) is 10.3. The number of hydrogen-bond acceptors (Lipinski definition) is 2. The van der Waals surface area contributed by atoms with E-state index in [1.807, 2.05) is 0 Å². The van der Waals surface area contributed by atoms with Crippen LogP contribution in [0.4, 0.5) is 0 Å². The van der Waals surface area contributed by atoms with Crippen molar-refractivity contribution in [3.05, 3.63) is 11.6 Å². The molecule has 1 saturated carbocycles. The van der Waals surface area contributed by atoms with Crippen LogP contribution >= 0.6 is 0 Å². The van der Waals surface area contributed by atoms with Crippen LogP contribution in [0.25, 0.3) is 0 Å². The topological polar surface area (TPSA) is 26.3 Å². The van der Waals surface area contributed by atoms with E-state index in [1.165, 1.54) is 12.5 Å². The van der Waals surface area contributed by atoms with Gasteiger partial charge < -0.3 is 4.74 Å². The van der Waals surface area contributed by atoms with Gasteiger partial charge in [0.05, 0.1) is 0 Å². The third-order valence-corrected chi connectivity index (χ3v) is 2.62. The molecule has 0 radical (unpaired) electrons. The second kappa shape index (κ2) is 3.17. The Bertz CT molecular complexity index is 247. The van der Waals surface area contributed by atoms with Crippen LogP contribution in [0.2, 0.25) is 0 Å². The molecule has 74 valence electrons. The summed E-state index contributed by atoms with van der Waals surface area (Å²) in [5.74, 6) is 0.226. The summed E-state index contributed by atoms with van der Waals surface area (Å²) in [6.07, 6.45) is 2.27. The van der Waals surface area contributed by atoms with Crippen molar-refractivity contribution in [1.82, 2.24) is 0 Å². The van der Waals surface area contributed by atoms with Gasteiger partial charge in [0.1, 0.15) is 6.10 Å². The molecule has 0 unspecified atom stereocenters. The Kier molecular flexibility index (Phi) is 2.51. The number of rotatable bonds is 2. The van der Waals surface area contributed by atoms with E-state index in [0.29, 0.717) is 5.92 Å². The molecular formula is C11H18O2. The highest BCUT2D eigenvalue weighted by Gasteiger charge is 2.59. The fraction of sp³-hybridized carbons (Fsp3) is 0.727. The lowest BCUT2D eigenvalue weighted by Crippen LogP contribution is -2.06. The van der Waals surface area contributed by atoms with Crippen molar-refractivity contribution in [3.63, 3.8) is 0 Å². The molecule has 0 N–H and O–H groups in total. The van der Waals surface area contributed by atoms with Crippen molar-refractivity contribution < 1.29 is 9.53 Å². The van der Waals surface area contributed by atoms with E-state index in [2.05, 4.69) is 33.8 Å². The molecule has 0 aromatic carbocycles. The molecule has 1 aliphatic rings. The maximum Gasteiger partial charge on any atom is 0.302 e. The smallest absolute Gasteiger partial charge is 0.302 e. The molecule has 0 spiro atoms. The van der Waals surface area contributed by atoms with Crippen molar-refractivity contribution in [3.8, 4) is 0 Å². The van der Waals surface area contributed by atoms with Crippen molar-refractivity contribution >= 4 is 5.97 Å². The lowest BCUT2D eigenvalue weighted by molar-refractivity contribution is -0.143. The molecule has 0 aromatic rings. The van der Waals surface area contributed by atoms with E-state index in [1.54, 1.807) is 0 Å². The number of carbonyl (C=O) groups is 1. The minimum atomic E-state index is -0.178. The highest BCUT2D eigenvalue weighted by atomic mass is 16.5. The first-order valence-corrected chi connectivity index (χ1v) is 4.68. The van der Waals surface area contributed by atoms with Gasteiger partial charge in [-0.2, -0.15) is 0 Å². The maximum absolute atomic E-state index is 10.8. The Morgan fingerprint density at radius 1 is 1.31 bits per heavy atom. The van der Waals surface area contributed by atoms with Crippen LogP contribution in [0, 0.1) is 11.3 Å². The largest absolute Gasteiger partial charge is 0.461 e. The molecule has 2 heteroatoms. The summed E-state index contributed by atoms with van der Waals surface area (Å²) >= 11 is 0. The number of esters is 1. The zero-order chi connectivity index (χ0) is 10.2. The van der Waals surface area contributed by atoms with Gasteiger partial charge in [0.15, 0.2) is 0 Å². The van der Waals surface area contributed by atoms with E-state index < -0.39 is 0 Å². The molecule has 0 aromatic heterocycles. The summed E-state index contributed by atoms with van der Waals surface area (Å²) in [6, 6.07) is 0. The average molecular weight is 182 g/mol. The van der Waals surface area contributed by atoms with E-state index in [4.69, 9.17) is 4.74 Å².